The van der Waals surface area contributed by atoms with Crippen LogP contribution in [0.15, 0.2) is 59.6 Å². The molecule has 0 aromatic heterocycles. The predicted octanol–water partition coefficient (Wildman–Crippen LogP) is 3.17. The molecule has 2 aromatic rings. The van der Waals surface area contributed by atoms with E-state index in [0.717, 1.165) is 29.6 Å². The van der Waals surface area contributed by atoms with Gasteiger partial charge in [0.25, 0.3) is 5.91 Å². The third-order valence-corrected chi connectivity index (χ3v) is 4.42. The standard InChI is InChI=1S/C18H19N3OS/c22-17(15-4-2-1-3-5-15)19-11-10-14-6-8-16(9-7-14)21-18-20-12-13-23-18/h1-9H,10-13H2,(H,19,22)(H,20,21). The maximum absolute atomic E-state index is 11.9. The highest BCUT2D eigenvalue weighted by molar-refractivity contribution is 8.14. The third-order valence-electron chi connectivity index (χ3n) is 3.53. The second-order valence-electron chi connectivity index (χ2n) is 5.23. The largest absolute Gasteiger partial charge is 0.352 e. The van der Waals surface area contributed by atoms with Crippen molar-refractivity contribution in [2.24, 2.45) is 4.99 Å². The fourth-order valence-electron chi connectivity index (χ4n) is 2.30. The SMILES string of the molecule is O=C(NCCc1ccc(NC2=NCCS2)cc1)c1ccccc1. The fourth-order valence-corrected chi connectivity index (χ4v) is 3.05. The van der Waals surface area contributed by atoms with E-state index in [1.54, 1.807) is 11.8 Å². The lowest BCUT2D eigenvalue weighted by Gasteiger charge is -2.08. The van der Waals surface area contributed by atoms with Crippen molar-refractivity contribution in [1.29, 1.82) is 0 Å². The summed E-state index contributed by atoms with van der Waals surface area (Å²) in [5.74, 6) is 1.03. The van der Waals surface area contributed by atoms with Crippen LogP contribution in [-0.4, -0.2) is 29.9 Å². The van der Waals surface area contributed by atoms with Gasteiger partial charge in [-0.15, -0.1) is 0 Å². The molecule has 0 bridgehead atoms. The van der Waals surface area contributed by atoms with Gasteiger partial charge in [0.15, 0.2) is 5.17 Å². The van der Waals surface area contributed by atoms with Gasteiger partial charge < -0.3 is 10.6 Å². The van der Waals surface area contributed by atoms with Crippen LogP contribution in [0.3, 0.4) is 0 Å². The molecular formula is C18H19N3OS. The predicted molar refractivity (Wildman–Crippen MR) is 97.3 cm³/mol. The van der Waals surface area contributed by atoms with Crippen LogP contribution in [-0.2, 0) is 6.42 Å². The van der Waals surface area contributed by atoms with Gasteiger partial charge in [-0.25, -0.2) is 0 Å². The molecule has 0 radical (unpaired) electrons. The Hall–Kier alpha value is -2.27. The molecule has 0 unspecified atom stereocenters. The monoisotopic (exact) mass is 325 g/mol. The van der Waals surface area contributed by atoms with Crippen molar-refractivity contribution >= 4 is 28.5 Å². The molecule has 4 nitrogen and oxygen atoms in total. The Balaban J connectivity index is 1.46. The molecule has 1 aliphatic rings. The molecule has 1 heterocycles. The number of nitrogens with zero attached hydrogens (tertiary/aromatic N) is 1. The number of amides is 1. The summed E-state index contributed by atoms with van der Waals surface area (Å²) in [4.78, 5) is 16.3. The summed E-state index contributed by atoms with van der Waals surface area (Å²) in [6.45, 7) is 1.52. The molecule has 1 amide bonds. The van der Waals surface area contributed by atoms with Gasteiger partial charge in [-0.1, -0.05) is 42.1 Å². The highest BCUT2D eigenvalue weighted by atomic mass is 32.2. The lowest BCUT2D eigenvalue weighted by Crippen LogP contribution is -2.25. The molecule has 2 aromatic carbocycles. The van der Waals surface area contributed by atoms with Crippen LogP contribution in [0.5, 0.6) is 0 Å². The number of hydrogen-bond donors (Lipinski definition) is 2. The van der Waals surface area contributed by atoms with E-state index in [1.807, 2.05) is 30.3 Å². The van der Waals surface area contributed by atoms with Gasteiger partial charge in [-0.2, -0.15) is 0 Å². The summed E-state index contributed by atoms with van der Waals surface area (Å²) in [7, 11) is 0. The van der Waals surface area contributed by atoms with Crippen molar-refractivity contribution in [2.45, 2.75) is 6.42 Å². The first-order valence-corrected chi connectivity index (χ1v) is 8.66. The second-order valence-corrected chi connectivity index (χ2v) is 6.31. The van der Waals surface area contributed by atoms with Crippen molar-refractivity contribution in [3.8, 4) is 0 Å². The molecule has 0 saturated heterocycles. The number of hydrogen-bond acceptors (Lipinski definition) is 4. The summed E-state index contributed by atoms with van der Waals surface area (Å²) in [6.07, 6.45) is 0.814. The fraction of sp³-hybridized carbons (Fsp3) is 0.222. The van der Waals surface area contributed by atoms with E-state index in [-0.39, 0.29) is 5.91 Å². The molecule has 3 rings (SSSR count). The zero-order valence-corrected chi connectivity index (χ0v) is 13.6. The zero-order chi connectivity index (χ0) is 15.9. The molecule has 23 heavy (non-hydrogen) atoms. The van der Waals surface area contributed by atoms with Gasteiger partial charge in [0.2, 0.25) is 0 Å². The molecular weight excluding hydrogens is 306 g/mol. The van der Waals surface area contributed by atoms with E-state index >= 15 is 0 Å². The summed E-state index contributed by atoms with van der Waals surface area (Å²) in [6, 6.07) is 17.5. The zero-order valence-electron chi connectivity index (χ0n) is 12.8. The van der Waals surface area contributed by atoms with Crippen LogP contribution in [0.4, 0.5) is 5.69 Å². The normalized spacial score (nSPS) is 13.5. The molecule has 0 saturated carbocycles. The smallest absolute Gasteiger partial charge is 0.251 e. The van der Waals surface area contributed by atoms with Gasteiger partial charge in [-0.05, 0) is 36.2 Å². The van der Waals surface area contributed by atoms with Crippen molar-refractivity contribution in [3.05, 3.63) is 65.7 Å². The Labute approximate surface area is 140 Å². The topological polar surface area (TPSA) is 53.5 Å². The Morgan fingerprint density at radius 1 is 1.09 bits per heavy atom. The number of benzene rings is 2. The van der Waals surface area contributed by atoms with Crippen LogP contribution in [0.2, 0.25) is 0 Å². The summed E-state index contributed by atoms with van der Waals surface area (Å²) < 4.78 is 0. The number of anilines is 1. The molecule has 0 aliphatic carbocycles. The number of carbonyl (C=O) groups is 1. The van der Waals surface area contributed by atoms with Crippen molar-refractivity contribution in [3.63, 3.8) is 0 Å². The maximum Gasteiger partial charge on any atom is 0.251 e. The van der Waals surface area contributed by atoms with Gasteiger partial charge in [0, 0.05) is 23.5 Å². The first kappa shape index (κ1) is 15.6. The average Bonchev–Trinajstić information content (AvgIpc) is 3.10. The number of nitrogens with one attached hydrogen (secondary N) is 2. The number of rotatable bonds is 5. The van der Waals surface area contributed by atoms with Gasteiger partial charge in [0.05, 0.1) is 6.54 Å². The summed E-state index contributed by atoms with van der Waals surface area (Å²) >= 11 is 1.75. The Bertz CT molecular complexity index is 683. The Kier molecular flexibility index (Phi) is 5.32. The minimum absolute atomic E-state index is 0.0276. The maximum atomic E-state index is 11.9. The third kappa shape index (κ3) is 4.60. The van der Waals surface area contributed by atoms with Gasteiger partial charge in [0.1, 0.15) is 0 Å². The highest BCUT2D eigenvalue weighted by Crippen LogP contribution is 2.16. The lowest BCUT2D eigenvalue weighted by molar-refractivity contribution is 0.0954. The van der Waals surface area contributed by atoms with E-state index in [4.69, 9.17) is 0 Å². The summed E-state index contributed by atoms with van der Waals surface area (Å²) in [5, 5.41) is 7.24. The Morgan fingerprint density at radius 2 is 1.87 bits per heavy atom. The lowest BCUT2D eigenvalue weighted by atomic mass is 10.1. The van der Waals surface area contributed by atoms with Crippen LogP contribution < -0.4 is 10.6 Å². The van der Waals surface area contributed by atoms with E-state index in [9.17, 15) is 4.79 Å². The van der Waals surface area contributed by atoms with Gasteiger partial charge >= 0.3 is 0 Å². The molecule has 0 spiro atoms. The molecule has 0 atom stereocenters. The van der Waals surface area contributed by atoms with Gasteiger partial charge in [-0.3, -0.25) is 9.79 Å². The summed E-state index contributed by atoms with van der Waals surface area (Å²) in [5.41, 5.74) is 2.95. The number of thioether (sulfide) groups is 1. The Morgan fingerprint density at radius 3 is 2.57 bits per heavy atom. The van der Waals surface area contributed by atoms with Crippen LogP contribution in [0.1, 0.15) is 15.9 Å². The second kappa shape index (κ2) is 7.83. The van der Waals surface area contributed by atoms with E-state index in [0.29, 0.717) is 12.1 Å². The van der Waals surface area contributed by atoms with E-state index in [2.05, 4.69) is 39.9 Å². The average molecular weight is 325 g/mol. The van der Waals surface area contributed by atoms with Crippen molar-refractivity contribution < 1.29 is 4.79 Å². The van der Waals surface area contributed by atoms with Crippen LogP contribution in [0.25, 0.3) is 0 Å². The first-order valence-electron chi connectivity index (χ1n) is 7.68. The quantitative estimate of drug-likeness (QED) is 0.888. The molecule has 1 aliphatic heterocycles. The minimum Gasteiger partial charge on any atom is -0.352 e. The van der Waals surface area contributed by atoms with Crippen LogP contribution >= 0.6 is 11.8 Å². The van der Waals surface area contributed by atoms with E-state index < -0.39 is 0 Å². The first-order chi connectivity index (χ1) is 11.3. The molecule has 118 valence electrons. The minimum atomic E-state index is -0.0276. The van der Waals surface area contributed by atoms with Crippen molar-refractivity contribution in [1.82, 2.24) is 5.32 Å². The van der Waals surface area contributed by atoms with Crippen LogP contribution in [0, 0.1) is 0 Å². The molecule has 5 heteroatoms. The molecule has 2 N–H and O–H groups in total. The number of carbonyl (C=O) groups excluding carboxylic acids is 1. The highest BCUT2D eigenvalue weighted by Gasteiger charge is 2.07. The number of amidine groups is 1. The van der Waals surface area contributed by atoms with Crippen molar-refractivity contribution in [2.75, 3.05) is 24.2 Å². The number of aliphatic imine (C=N–C) groups is 1. The molecule has 0 fully saturated rings. The van der Waals surface area contributed by atoms with E-state index in [1.165, 1.54) is 5.56 Å².